The molecular formula is C15H17ClN2O2. The van der Waals surface area contributed by atoms with Crippen LogP contribution in [0, 0.1) is 5.41 Å². The van der Waals surface area contributed by atoms with Gasteiger partial charge in [-0.15, -0.1) is 0 Å². The molecule has 0 bridgehead atoms. The van der Waals surface area contributed by atoms with Gasteiger partial charge in [0.15, 0.2) is 5.75 Å². The molecule has 4 nitrogen and oxygen atoms in total. The standard InChI is InChI=1S/C15H17ClN2O2/c1-15(2,3)8-12(19)18-11-7-10(16)9-5-4-6-17-13(9)14(11)20/h4-7,20H,8H2,1-3H3,(H,18,19). The van der Waals surface area contributed by atoms with Gasteiger partial charge in [0.05, 0.1) is 10.7 Å². The minimum Gasteiger partial charge on any atom is -0.504 e. The fourth-order valence-corrected chi connectivity index (χ4v) is 2.22. The first kappa shape index (κ1) is 14.6. The monoisotopic (exact) mass is 292 g/mol. The van der Waals surface area contributed by atoms with Gasteiger partial charge in [0.25, 0.3) is 0 Å². The van der Waals surface area contributed by atoms with E-state index in [-0.39, 0.29) is 22.8 Å². The van der Waals surface area contributed by atoms with E-state index >= 15 is 0 Å². The highest BCUT2D eigenvalue weighted by Crippen LogP contribution is 2.36. The summed E-state index contributed by atoms with van der Waals surface area (Å²) >= 11 is 6.15. The molecule has 0 saturated heterocycles. The second-order valence-corrected chi connectivity index (χ2v) is 6.35. The van der Waals surface area contributed by atoms with Crippen LogP contribution in [0.1, 0.15) is 27.2 Å². The second kappa shape index (κ2) is 5.29. The molecule has 0 radical (unpaired) electrons. The summed E-state index contributed by atoms with van der Waals surface area (Å²) in [6, 6.07) is 5.05. The number of phenols is 1. The molecule has 2 aromatic rings. The molecule has 20 heavy (non-hydrogen) atoms. The first-order chi connectivity index (χ1) is 9.28. The SMILES string of the molecule is CC(C)(C)CC(=O)Nc1cc(Cl)c2cccnc2c1O. The van der Waals surface area contributed by atoms with Crippen molar-refractivity contribution in [2.45, 2.75) is 27.2 Å². The summed E-state index contributed by atoms with van der Waals surface area (Å²) < 4.78 is 0. The topological polar surface area (TPSA) is 62.2 Å². The molecule has 0 unspecified atom stereocenters. The highest BCUT2D eigenvalue weighted by molar-refractivity contribution is 6.36. The van der Waals surface area contributed by atoms with E-state index < -0.39 is 0 Å². The fourth-order valence-electron chi connectivity index (χ4n) is 1.96. The van der Waals surface area contributed by atoms with Gasteiger partial charge in [-0.25, -0.2) is 0 Å². The van der Waals surface area contributed by atoms with Crippen molar-refractivity contribution in [3.05, 3.63) is 29.4 Å². The predicted octanol–water partition coefficient (Wildman–Crippen LogP) is 3.97. The largest absolute Gasteiger partial charge is 0.504 e. The van der Waals surface area contributed by atoms with Crippen molar-refractivity contribution in [2.75, 3.05) is 5.32 Å². The number of anilines is 1. The number of phenolic OH excluding ortho intramolecular Hbond substituents is 1. The summed E-state index contributed by atoms with van der Waals surface area (Å²) in [5.41, 5.74) is 0.542. The number of carbonyl (C=O) groups is 1. The minimum absolute atomic E-state index is 0.0627. The third kappa shape index (κ3) is 3.20. The normalized spacial score (nSPS) is 11.6. The number of carbonyl (C=O) groups excluding carboxylic acids is 1. The lowest BCUT2D eigenvalue weighted by molar-refractivity contribution is -0.117. The van der Waals surface area contributed by atoms with Crippen LogP contribution in [-0.4, -0.2) is 16.0 Å². The van der Waals surface area contributed by atoms with Crippen LogP contribution in [0.2, 0.25) is 5.02 Å². The van der Waals surface area contributed by atoms with Gasteiger partial charge in [0.1, 0.15) is 5.52 Å². The Morgan fingerprint density at radius 3 is 2.80 bits per heavy atom. The minimum atomic E-state index is -0.167. The summed E-state index contributed by atoms with van der Waals surface area (Å²) in [5, 5.41) is 14.0. The molecule has 5 heteroatoms. The summed E-state index contributed by atoms with van der Waals surface area (Å²) in [4.78, 5) is 16.0. The number of fused-ring (bicyclic) bond motifs is 1. The highest BCUT2D eigenvalue weighted by Gasteiger charge is 2.18. The van der Waals surface area contributed by atoms with E-state index in [2.05, 4.69) is 10.3 Å². The number of aromatic hydroxyl groups is 1. The molecule has 1 heterocycles. The van der Waals surface area contributed by atoms with Crippen molar-refractivity contribution in [2.24, 2.45) is 5.41 Å². The summed E-state index contributed by atoms with van der Waals surface area (Å²) in [5.74, 6) is -0.230. The number of nitrogens with zero attached hydrogens (tertiary/aromatic N) is 1. The van der Waals surface area contributed by atoms with E-state index in [4.69, 9.17) is 11.6 Å². The molecular weight excluding hydrogens is 276 g/mol. The van der Waals surface area contributed by atoms with Gasteiger partial charge in [-0.3, -0.25) is 9.78 Å². The zero-order chi connectivity index (χ0) is 14.9. The van der Waals surface area contributed by atoms with Crippen molar-refractivity contribution in [1.29, 1.82) is 0 Å². The van der Waals surface area contributed by atoms with E-state index in [9.17, 15) is 9.90 Å². The molecule has 0 atom stereocenters. The number of aromatic nitrogens is 1. The maximum absolute atomic E-state index is 11.9. The van der Waals surface area contributed by atoms with Gasteiger partial charge < -0.3 is 10.4 Å². The van der Waals surface area contributed by atoms with Crippen LogP contribution >= 0.6 is 11.6 Å². The van der Waals surface area contributed by atoms with Crippen molar-refractivity contribution >= 4 is 34.1 Å². The summed E-state index contributed by atoms with van der Waals surface area (Å²) in [6.45, 7) is 5.92. The number of benzene rings is 1. The lowest BCUT2D eigenvalue weighted by atomic mass is 9.92. The number of nitrogens with one attached hydrogen (secondary N) is 1. The van der Waals surface area contributed by atoms with E-state index in [0.717, 1.165) is 0 Å². The molecule has 0 spiro atoms. The second-order valence-electron chi connectivity index (χ2n) is 5.94. The third-order valence-corrected chi connectivity index (χ3v) is 3.09. The molecule has 2 rings (SSSR count). The Labute approximate surface area is 122 Å². The van der Waals surface area contributed by atoms with Crippen molar-refractivity contribution in [1.82, 2.24) is 4.98 Å². The molecule has 1 aromatic carbocycles. The van der Waals surface area contributed by atoms with Crippen LogP contribution in [0.5, 0.6) is 5.75 Å². The van der Waals surface area contributed by atoms with Crippen LogP contribution in [0.15, 0.2) is 24.4 Å². The predicted molar refractivity (Wildman–Crippen MR) is 81.1 cm³/mol. The Kier molecular flexibility index (Phi) is 3.86. The summed E-state index contributed by atoms with van der Waals surface area (Å²) in [7, 11) is 0. The number of amides is 1. The molecule has 0 saturated carbocycles. The van der Waals surface area contributed by atoms with E-state index in [0.29, 0.717) is 22.3 Å². The van der Waals surface area contributed by atoms with Gasteiger partial charge >= 0.3 is 0 Å². The van der Waals surface area contributed by atoms with E-state index in [1.165, 1.54) is 0 Å². The van der Waals surface area contributed by atoms with Crippen LogP contribution in [0.3, 0.4) is 0 Å². The zero-order valence-electron chi connectivity index (χ0n) is 11.7. The third-order valence-electron chi connectivity index (χ3n) is 2.78. The Hall–Kier alpha value is -1.81. The molecule has 2 N–H and O–H groups in total. The lowest BCUT2D eigenvalue weighted by Crippen LogP contribution is -2.19. The lowest BCUT2D eigenvalue weighted by Gasteiger charge is -2.18. The molecule has 0 aliphatic rings. The van der Waals surface area contributed by atoms with Crippen LogP contribution in [0.4, 0.5) is 5.69 Å². The Morgan fingerprint density at radius 1 is 1.45 bits per heavy atom. The van der Waals surface area contributed by atoms with Gasteiger partial charge in [-0.05, 0) is 23.6 Å². The Morgan fingerprint density at radius 2 is 2.15 bits per heavy atom. The van der Waals surface area contributed by atoms with Crippen molar-refractivity contribution in [3.8, 4) is 5.75 Å². The number of hydrogen-bond donors (Lipinski definition) is 2. The molecule has 106 valence electrons. The highest BCUT2D eigenvalue weighted by atomic mass is 35.5. The van der Waals surface area contributed by atoms with Crippen molar-refractivity contribution < 1.29 is 9.90 Å². The number of hydrogen-bond acceptors (Lipinski definition) is 3. The first-order valence-electron chi connectivity index (χ1n) is 6.34. The molecule has 0 fully saturated rings. The van der Waals surface area contributed by atoms with Gasteiger partial charge in [-0.2, -0.15) is 0 Å². The molecule has 0 aliphatic heterocycles. The average Bonchev–Trinajstić information content (AvgIpc) is 2.33. The van der Waals surface area contributed by atoms with Gasteiger partial charge in [0.2, 0.25) is 5.91 Å². The maximum Gasteiger partial charge on any atom is 0.225 e. The number of rotatable bonds is 2. The van der Waals surface area contributed by atoms with Crippen LogP contribution in [-0.2, 0) is 4.79 Å². The first-order valence-corrected chi connectivity index (χ1v) is 6.72. The van der Waals surface area contributed by atoms with Gasteiger partial charge in [-0.1, -0.05) is 32.4 Å². The Bertz CT molecular complexity index is 663. The van der Waals surface area contributed by atoms with Crippen LogP contribution in [0.25, 0.3) is 10.9 Å². The average molecular weight is 293 g/mol. The maximum atomic E-state index is 11.9. The fraction of sp³-hybridized carbons (Fsp3) is 0.333. The molecule has 1 amide bonds. The van der Waals surface area contributed by atoms with E-state index in [1.54, 1.807) is 24.4 Å². The van der Waals surface area contributed by atoms with E-state index in [1.807, 2.05) is 20.8 Å². The van der Waals surface area contributed by atoms with Gasteiger partial charge in [0, 0.05) is 18.0 Å². The molecule has 0 aliphatic carbocycles. The smallest absolute Gasteiger partial charge is 0.225 e. The zero-order valence-corrected chi connectivity index (χ0v) is 12.5. The van der Waals surface area contributed by atoms with Crippen molar-refractivity contribution in [3.63, 3.8) is 0 Å². The molecule has 1 aromatic heterocycles. The van der Waals surface area contributed by atoms with Crippen LogP contribution < -0.4 is 5.32 Å². The summed E-state index contributed by atoms with van der Waals surface area (Å²) in [6.07, 6.45) is 1.92. The number of pyridine rings is 1. The quantitative estimate of drug-likeness (QED) is 0.823. The number of halogens is 1. The Balaban J connectivity index is 2.36.